The Morgan fingerprint density at radius 1 is 1.11 bits per heavy atom. The van der Waals surface area contributed by atoms with E-state index >= 15 is 0 Å². The Morgan fingerprint density at radius 2 is 1.84 bits per heavy atom. The Bertz CT molecular complexity index is 542. The van der Waals surface area contributed by atoms with Crippen LogP contribution in [0, 0.1) is 0 Å². The third-order valence-corrected chi connectivity index (χ3v) is 4.26. The molecule has 1 saturated heterocycles. The van der Waals surface area contributed by atoms with Gasteiger partial charge in [-0.3, -0.25) is 4.79 Å². The van der Waals surface area contributed by atoms with Gasteiger partial charge in [0.25, 0.3) is 5.91 Å². The number of amides is 1. The van der Waals surface area contributed by atoms with Gasteiger partial charge >= 0.3 is 0 Å². The van der Waals surface area contributed by atoms with Crippen molar-refractivity contribution < 1.29 is 4.79 Å². The van der Waals surface area contributed by atoms with E-state index in [4.69, 9.17) is 0 Å². The lowest BCUT2D eigenvalue weighted by Crippen LogP contribution is -2.46. The molecule has 0 unspecified atom stereocenters. The lowest BCUT2D eigenvalue weighted by Gasteiger charge is -2.27. The highest BCUT2D eigenvalue weighted by molar-refractivity contribution is 7.13. The zero-order valence-corrected chi connectivity index (χ0v) is 11.5. The van der Waals surface area contributed by atoms with Crippen LogP contribution < -0.4 is 5.32 Å². The maximum atomic E-state index is 12.3. The first-order valence-electron chi connectivity index (χ1n) is 6.48. The largest absolute Gasteiger partial charge is 0.336 e. The molecule has 3 rings (SSSR count). The van der Waals surface area contributed by atoms with Crippen molar-refractivity contribution in [3.05, 3.63) is 47.3 Å². The zero-order valence-electron chi connectivity index (χ0n) is 10.6. The average molecular weight is 272 g/mol. The molecule has 0 atom stereocenters. The molecule has 0 aliphatic carbocycles. The van der Waals surface area contributed by atoms with Crippen LogP contribution in [0.3, 0.4) is 0 Å². The minimum atomic E-state index is 0.138. The molecule has 3 nitrogen and oxygen atoms in total. The number of nitrogens with one attached hydrogen (secondary N) is 1. The number of hydrogen-bond donors (Lipinski definition) is 1. The monoisotopic (exact) mass is 272 g/mol. The molecule has 19 heavy (non-hydrogen) atoms. The molecular formula is C15H16N2OS. The minimum absolute atomic E-state index is 0.138. The molecular weight excluding hydrogens is 256 g/mol. The van der Waals surface area contributed by atoms with Crippen molar-refractivity contribution in [2.24, 2.45) is 0 Å². The van der Waals surface area contributed by atoms with Crippen LogP contribution in [0.5, 0.6) is 0 Å². The van der Waals surface area contributed by atoms with E-state index in [9.17, 15) is 4.79 Å². The van der Waals surface area contributed by atoms with Gasteiger partial charge in [0.15, 0.2) is 0 Å². The molecule has 1 aromatic carbocycles. The molecule has 2 aromatic rings. The fourth-order valence-corrected chi connectivity index (χ4v) is 3.00. The number of rotatable bonds is 2. The van der Waals surface area contributed by atoms with Crippen LogP contribution in [0.1, 0.15) is 10.4 Å². The minimum Gasteiger partial charge on any atom is -0.336 e. The summed E-state index contributed by atoms with van der Waals surface area (Å²) in [4.78, 5) is 15.4. The fourth-order valence-electron chi connectivity index (χ4n) is 2.27. The quantitative estimate of drug-likeness (QED) is 0.911. The lowest BCUT2D eigenvalue weighted by atomic mass is 10.1. The predicted molar refractivity (Wildman–Crippen MR) is 78.5 cm³/mol. The van der Waals surface area contributed by atoms with E-state index in [1.165, 1.54) is 10.4 Å². The van der Waals surface area contributed by atoms with Crippen molar-refractivity contribution in [1.82, 2.24) is 10.2 Å². The van der Waals surface area contributed by atoms with Gasteiger partial charge in [-0.15, -0.1) is 11.3 Å². The van der Waals surface area contributed by atoms with Gasteiger partial charge in [0.05, 0.1) is 0 Å². The summed E-state index contributed by atoms with van der Waals surface area (Å²) in [6, 6.07) is 12.1. The third-order valence-electron chi connectivity index (χ3n) is 3.34. The van der Waals surface area contributed by atoms with Crippen LogP contribution in [0.4, 0.5) is 0 Å². The molecule has 98 valence electrons. The number of nitrogens with zero attached hydrogens (tertiary/aromatic N) is 1. The molecule has 1 amide bonds. The Kier molecular flexibility index (Phi) is 3.62. The van der Waals surface area contributed by atoms with Crippen molar-refractivity contribution in [2.75, 3.05) is 26.2 Å². The highest BCUT2D eigenvalue weighted by atomic mass is 32.1. The second-order valence-electron chi connectivity index (χ2n) is 4.60. The fraction of sp³-hybridized carbons (Fsp3) is 0.267. The van der Waals surface area contributed by atoms with Gasteiger partial charge in [0, 0.05) is 36.6 Å². The Morgan fingerprint density at radius 3 is 2.47 bits per heavy atom. The average Bonchev–Trinajstić information content (AvgIpc) is 3.02. The molecule has 0 radical (unpaired) electrons. The second kappa shape index (κ2) is 5.55. The van der Waals surface area contributed by atoms with E-state index < -0.39 is 0 Å². The normalized spacial score (nSPS) is 15.5. The molecule has 1 aliphatic rings. The highest BCUT2D eigenvalue weighted by Crippen LogP contribution is 2.24. The second-order valence-corrected chi connectivity index (χ2v) is 5.54. The first-order valence-corrected chi connectivity index (χ1v) is 7.36. The first kappa shape index (κ1) is 12.4. The molecule has 0 bridgehead atoms. The topological polar surface area (TPSA) is 32.3 Å². The van der Waals surface area contributed by atoms with Crippen LogP contribution in [0.15, 0.2) is 41.8 Å². The standard InChI is InChI=1S/C15H16N2OS/c18-15(17-9-7-16-8-10-17)13-5-3-12(4-6-13)14-2-1-11-19-14/h1-6,11,16H,7-10H2. The third kappa shape index (κ3) is 2.69. The first-order chi connectivity index (χ1) is 9.34. The number of piperazine rings is 1. The van der Waals surface area contributed by atoms with Gasteiger partial charge in [-0.2, -0.15) is 0 Å². The Balaban J connectivity index is 1.76. The number of benzene rings is 1. The summed E-state index contributed by atoms with van der Waals surface area (Å²) >= 11 is 1.71. The molecule has 1 fully saturated rings. The van der Waals surface area contributed by atoms with E-state index in [1.54, 1.807) is 11.3 Å². The van der Waals surface area contributed by atoms with Gasteiger partial charge in [-0.25, -0.2) is 0 Å². The molecule has 2 heterocycles. The Labute approximate surface area is 116 Å². The van der Waals surface area contributed by atoms with E-state index in [0.29, 0.717) is 0 Å². The predicted octanol–water partition coefficient (Wildman–Crippen LogP) is 2.46. The summed E-state index contributed by atoms with van der Waals surface area (Å²) in [6.07, 6.45) is 0. The molecule has 4 heteroatoms. The van der Waals surface area contributed by atoms with Gasteiger partial charge in [0.1, 0.15) is 0 Å². The molecule has 1 aliphatic heterocycles. The molecule has 0 spiro atoms. The van der Waals surface area contributed by atoms with E-state index in [-0.39, 0.29) is 5.91 Å². The summed E-state index contributed by atoms with van der Waals surface area (Å²) in [5.74, 6) is 0.138. The smallest absolute Gasteiger partial charge is 0.253 e. The van der Waals surface area contributed by atoms with Gasteiger partial charge < -0.3 is 10.2 Å². The van der Waals surface area contributed by atoms with Gasteiger partial charge in [-0.05, 0) is 29.1 Å². The summed E-state index contributed by atoms with van der Waals surface area (Å²) in [7, 11) is 0. The number of hydrogen-bond acceptors (Lipinski definition) is 3. The van der Waals surface area contributed by atoms with Gasteiger partial charge in [-0.1, -0.05) is 18.2 Å². The van der Waals surface area contributed by atoms with Crippen molar-refractivity contribution in [3.63, 3.8) is 0 Å². The maximum absolute atomic E-state index is 12.3. The highest BCUT2D eigenvalue weighted by Gasteiger charge is 2.17. The summed E-state index contributed by atoms with van der Waals surface area (Å²) in [5, 5.41) is 5.32. The van der Waals surface area contributed by atoms with Gasteiger partial charge in [0.2, 0.25) is 0 Å². The van der Waals surface area contributed by atoms with E-state index in [0.717, 1.165) is 31.7 Å². The summed E-state index contributed by atoms with van der Waals surface area (Å²) in [6.45, 7) is 3.37. The lowest BCUT2D eigenvalue weighted by molar-refractivity contribution is 0.0736. The molecule has 0 saturated carbocycles. The molecule has 1 aromatic heterocycles. The summed E-state index contributed by atoms with van der Waals surface area (Å²) in [5.41, 5.74) is 1.95. The summed E-state index contributed by atoms with van der Waals surface area (Å²) < 4.78 is 0. The van der Waals surface area contributed by atoms with Crippen molar-refractivity contribution >= 4 is 17.2 Å². The Hall–Kier alpha value is -1.65. The van der Waals surface area contributed by atoms with E-state index in [2.05, 4.69) is 16.8 Å². The van der Waals surface area contributed by atoms with E-state index in [1.807, 2.05) is 35.2 Å². The maximum Gasteiger partial charge on any atom is 0.253 e. The van der Waals surface area contributed by atoms with Crippen LogP contribution in [-0.2, 0) is 0 Å². The van der Waals surface area contributed by atoms with Crippen molar-refractivity contribution in [2.45, 2.75) is 0 Å². The zero-order chi connectivity index (χ0) is 13.1. The number of carbonyl (C=O) groups is 1. The van der Waals surface area contributed by atoms with Crippen LogP contribution in [0.2, 0.25) is 0 Å². The SMILES string of the molecule is O=C(c1ccc(-c2cccs2)cc1)N1CCNCC1. The number of thiophene rings is 1. The molecule has 1 N–H and O–H groups in total. The number of carbonyl (C=O) groups excluding carboxylic acids is 1. The van der Waals surface area contributed by atoms with Crippen LogP contribution >= 0.6 is 11.3 Å². The van der Waals surface area contributed by atoms with Crippen LogP contribution in [0.25, 0.3) is 10.4 Å². The van der Waals surface area contributed by atoms with Crippen LogP contribution in [-0.4, -0.2) is 37.0 Å². The van der Waals surface area contributed by atoms with Crippen molar-refractivity contribution in [1.29, 1.82) is 0 Å². The van der Waals surface area contributed by atoms with Crippen molar-refractivity contribution in [3.8, 4) is 10.4 Å².